The number of quaternary nitrogens is 1. The van der Waals surface area contributed by atoms with Crippen LogP contribution in [0.3, 0.4) is 0 Å². The van der Waals surface area contributed by atoms with Gasteiger partial charge in [-0.3, -0.25) is 5.73 Å². The van der Waals surface area contributed by atoms with Gasteiger partial charge in [0, 0.05) is 13.3 Å². The first-order chi connectivity index (χ1) is 17.0. The second-order valence-corrected chi connectivity index (χ2v) is 10.5. The van der Waals surface area contributed by atoms with E-state index >= 15 is 0 Å². The van der Waals surface area contributed by atoms with Gasteiger partial charge in [-0.25, -0.2) is 9.48 Å². The fourth-order valence-corrected chi connectivity index (χ4v) is 4.99. The Morgan fingerprint density at radius 3 is 1.77 bits per heavy atom. The third kappa shape index (κ3) is 14.6. The second kappa shape index (κ2) is 20.7. The van der Waals surface area contributed by atoms with Crippen LogP contribution in [0.5, 0.6) is 0 Å². The smallest absolute Gasteiger partial charge is 0.209 e. The van der Waals surface area contributed by atoms with Gasteiger partial charge < -0.3 is 9.90 Å². The number of amidine groups is 1. The number of hydrogen-bond acceptors (Lipinski definition) is 4. The highest BCUT2D eigenvalue weighted by atomic mass is 16.4. The molecule has 0 aromatic heterocycles. The van der Waals surface area contributed by atoms with Crippen LogP contribution in [0.2, 0.25) is 0 Å². The normalized spacial score (nSPS) is 18.4. The summed E-state index contributed by atoms with van der Waals surface area (Å²) in [7, 11) is 0. The minimum absolute atomic E-state index is 0.0986. The lowest BCUT2D eigenvalue weighted by molar-refractivity contribution is -0.808. The predicted octanol–water partition coefficient (Wildman–Crippen LogP) is 7.12. The van der Waals surface area contributed by atoms with Crippen LogP contribution in [-0.2, 0) is 4.79 Å². The van der Waals surface area contributed by atoms with E-state index in [9.17, 15) is 9.90 Å². The fourth-order valence-electron chi connectivity index (χ4n) is 4.99. The second-order valence-electron chi connectivity index (χ2n) is 10.5. The summed E-state index contributed by atoms with van der Waals surface area (Å²) in [6.07, 6.45) is 33.9. The number of nitrogens with two attached hydrogens (primary N) is 1. The molecule has 5 nitrogen and oxygen atoms in total. The van der Waals surface area contributed by atoms with E-state index < -0.39 is 5.97 Å². The molecule has 2 atom stereocenters. The Morgan fingerprint density at radius 2 is 1.31 bits per heavy atom. The van der Waals surface area contributed by atoms with Gasteiger partial charge in [0.2, 0.25) is 5.84 Å². The van der Waals surface area contributed by atoms with Crippen molar-refractivity contribution in [2.45, 2.75) is 148 Å². The molecule has 0 aromatic rings. The van der Waals surface area contributed by atoms with Gasteiger partial charge in [-0.1, -0.05) is 109 Å². The monoisotopic (exact) mass is 489 g/mol. The van der Waals surface area contributed by atoms with Gasteiger partial charge >= 0.3 is 0 Å². The first kappa shape index (κ1) is 31.6. The van der Waals surface area contributed by atoms with E-state index in [-0.39, 0.29) is 17.2 Å². The zero-order chi connectivity index (χ0) is 25.6. The van der Waals surface area contributed by atoms with Crippen LogP contribution >= 0.6 is 0 Å². The van der Waals surface area contributed by atoms with E-state index in [2.05, 4.69) is 24.1 Å². The van der Waals surface area contributed by atoms with Gasteiger partial charge in [-0.05, 0) is 32.1 Å². The van der Waals surface area contributed by atoms with Crippen LogP contribution in [0.4, 0.5) is 0 Å². The van der Waals surface area contributed by atoms with Crippen molar-refractivity contribution in [3.63, 3.8) is 0 Å². The van der Waals surface area contributed by atoms with E-state index in [1.807, 2.05) is 6.92 Å². The Morgan fingerprint density at radius 1 is 0.857 bits per heavy atom. The molecule has 1 rings (SSSR count). The molecule has 1 heterocycles. The van der Waals surface area contributed by atoms with Crippen molar-refractivity contribution in [2.75, 3.05) is 6.54 Å². The molecule has 35 heavy (non-hydrogen) atoms. The summed E-state index contributed by atoms with van der Waals surface area (Å²) in [6, 6.07) is 0. The molecule has 0 spiro atoms. The molecule has 1 aliphatic rings. The average Bonchev–Trinajstić information content (AvgIpc) is 3.23. The molecule has 0 bridgehead atoms. The Labute approximate surface area is 216 Å². The summed E-state index contributed by atoms with van der Waals surface area (Å²) >= 11 is 0. The number of carboxylic acids is 1. The molecule has 1 aliphatic heterocycles. The number of aliphatic imine (C=N–C) groups is 1. The van der Waals surface area contributed by atoms with Gasteiger partial charge in [0.15, 0.2) is 0 Å². The molecular formula is C30H55N3O2. The summed E-state index contributed by atoms with van der Waals surface area (Å²) in [5.41, 5.74) is 6.09. The number of aliphatic carboxylic acids is 1. The minimum atomic E-state index is -1.09. The van der Waals surface area contributed by atoms with Gasteiger partial charge in [0.05, 0.1) is 12.2 Å². The zero-order valence-electron chi connectivity index (χ0n) is 23.0. The molecule has 2 N–H and O–H groups in total. The number of carbonyl (C=O) groups is 1. The molecule has 0 radical (unpaired) electrons. The van der Waals surface area contributed by atoms with Crippen LogP contribution in [0, 0.1) is 0 Å². The Hall–Kier alpha value is -1.46. The average molecular weight is 490 g/mol. The Balaban J connectivity index is 1.91. The molecule has 2 unspecified atom stereocenters. The van der Waals surface area contributed by atoms with E-state index in [1.165, 1.54) is 96.3 Å². The van der Waals surface area contributed by atoms with Crippen LogP contribution in [-0.4, -0.2) is 29.0 Å². The van der Waals surface area contributed by atoms with Crippen LogP contribution in [0.1, 0.15) is 142 Å². The van der Waals surface area contributed by atoms with Crippen molar-refractivity contribution in [2.24, 2.45) is 10.7 Å². The SMILES string of the molecule is CCCCCCCCCCCCCCCC/C=C/CCCCCC1=NC=C[N+]1(CC(=O)[O-])C(C)N. The molecule has 0 saturated carbocycles. The topological polar surface area (TPSA) is 78.5 Å². The third-order valence-corrected chi connectivity index (χ3v) is 7.32. The number of unbranched alkanes of at least 4 members (excludes halogenated alkanes) is 17. The van der Waals surface area contributed by atoms with E-state index in [4.69, 9.17) is 5.73 Å². The summed E-state index contributed by atoms with van der Waals surface area (Å²) in [5.74, 6) is -0.247. The highest BCUT2D eigenvalue weighted by Crippen LogP contribution is 2.23. The molecule has 202 valence electrons. The zero-order valence-corrected chi connectivity index (χ0v) is 23.0. The van der Waals surface area contributed by atoms with Crippen molar-refractivity contribution in [3.05, 3.63) is 24.6 Å². The number of carboxylic acid groups (broad SMARTS) is 1. The van der Waals surface area contributed by atoms with Crippen molar-refractivity contribution in [1.29, 1.82) is 0 Å². The molecule has 0 saturated heterocycles. The number of carbonyl (C=O) groups excluding carboxylic acids is 1. The van der Waals surface area contributed by atoms with Crippen molar-refractivity contribution in [1.82, 2.24) is 0 Å². The molecule has 0 amide bonds. The van der Waals surface area contributed by atoms with Gasteiger partial charge in [0.25, 0.3) is 0 Å². The molecular weight excluding hydrogens is 434 g/mol. The molecule has 0 aromatic carbocycles. The number of nitrogens with zero attached hydrogens (tertiary/aromatic N) is 2. The summed E-state index contributed by atoms with van der Waals surface area (Å²) in [6.45, 7) is 3.97. The Kier molecular flexibility index (Phi) is 18.7. The quantitative estimate of drug-likeness (QED) is 0.0890. The molecule has 0 fully saturated rings. The first-order valence-corrected chi connectivity index (χ1v) is 14.8. The van der Waals surface area contributed by atoms with Crippen LogP contribution in [0.25, 0.3) is 0 Å². The lowest BCUT2D eigenvalue weighted by atomic mass is 10.0. The fraction of sp³-hybridized carbons (Fsp3) is 0.800. The number of rotatable bonds is 24. The number of allylic oxidation sites excluding steroid dienone is 2. The standard InChI is InChI=1S/C30H55N3O2/c1-3-4-5-6-7-8-9-10-11-12-13-14-15-16-17-18-19-20-21-22-23-24-29-32-25-26-33(29,28(2)31)27-30(34)35/h18-19,25-26,28H,3-17,20-24,27,31H2,1-2H3/b19-18+. The lowest BCUT2D eigenvalue weighted by Gasteiger charge is -2.36. The maximum Gasteiger partial charge on any atom is 0.209 e. The van der Waals surface area contributed by atoms with Gasteiger partial charge in [-0.15, -0.1) is 0 Å². The van der Waals surface area contributed by atoms with Crippen LogP contribution < -0.4 is 10.8 Å². The maximum absolute atomic E-state index is 11.2. The van der Waals surface area contributed by atoms with Crippen LogP contribution in [0.15, 0.2) is 29.5 Å². The highest BCUT2D eigenvalue weighted by Gasteiger charge is 2.38. The predicted molar refractivity (Wildman–Crippen MR) is 148 cm³/mol. The third-order valence-electron chi connectivity index (χ3n) is 7.32. The molecule has 0 aliphatic carbocycles. The van der Waals surface area contributed by atoms with Gasteiger partial charge in [0.1, 0.15) is 18.9 Å². The lowest BCUT2D eigenvalue weighted by Crippen LogP contribution is -2.60. The maximum atomic E-state index is 11.2. The number of hydrogen-bond donors (Lipinski definition) is 1. The van der Waals surface area contributed by atoms with Crippen molar-refractivity contribution < 1.29 is 14.4 Å². The summed E-state index contributed by atoms with van der Waals surface area (Å²) in [5, 5.41) is 11.2. The summed E-state index contributed by atoms with van der Waals surface area (Å²) < 4.78 is 0.0986. The van der Waals surface area contributed by atoms with Gasteiger partial charge in [-0.2, -0.15) is 0 Å². The minimum Gasteiger partial charge on any atom is -0.544 e. The Bertz CT molecular complexity index is 627. The molecule has 5 heteroatoms. The van der Waals surface area contributed by atoms with Crippen molar-refractivity contribution >= 4 is 11.8 Å². The largest absolute Gasteiger partial charge is 0.544 e. The van der Waals surface area contributed by atoms with E-state index in [1.54, 1.807) is 12.4 Å². The highest BCUT2D eigenvalue weighted by molar-refractivity contribution is 5.81. The van der Waals surface area contributed by atoms with E-state index in [0.717, 1.165) is 37.9 Å². The van der Waals surface area contributed by atoms with E-state index in [0.29, 0.717) is 0 Å². The van der Waals surface area contributed by atoms with Crippen molar-refractivity contribution in [3.8, 4) is 0 Å². The first-order valence-electron chi connectivity index (χ1n) is 14.8. The summed E-state index contributed by atoms with van der Waals surface area (Å²) in [4.78, 5) is 15.6.